The van der Waals surface area contributed by atoms with Gasteiger partial charge in [0.2, 0.25) is 0 Å². The topological polar surface area (TPSA) is 94.3 Å². The predicted octanol–water partition coefficient (Wildman–Crippen LogP) is 3.25. The maximum atomic E-state index is 12.1. The summed E-state index contributed by atoms with van der Waals surface area (Å²) in [5, 5.41) is 6.74. The molecule has 0 fully saturated rings. The molecule has 0 saturated carbocycles. The van der Waals surface area contributed by atoms with E-state index in [4.69, 9.17) is 9.26 Å². The minimum Gasteiger partial charge on any atom is -0.452 e. The Hall–Kier alpha value is -2.70. The Bertz CT molecular complexity index is 780. The van der Waals surface area contributed by atoms with E-state index in [9.17, 15) is 9.59 Å². The average Bonchev–Trinajstić information content (AvgIpc) is 3.00. The summed E-state index contributed by atoms with van der Waals surface area (Å²) in [4.78, 5) is 28.4. The third kappa shape index (κ3) is 5.40. The smallest absolute Gasteiger partial charge is 0.338 e. The fourth-order valence-electron chi connectivity index (χ4n) is 2.00. The van der Waals surface area contributed by atoms with Crippen LogP contribution in [0.4, 0.5) is 0 Å². The van der Waals surface area contributed by atoms with Gasteiger partial charge in [-0.1, -0.05) is 25.9 Å². The maximum Gasteiger partial charge on any atom is 0.338 e. The highest BCUT2D eigenvalue weighted by atomic mass is 16.6. The molecule has 140 valence electrons. The van der Waals surface area contributed by atoms with Gasteiger partial charge in [-0.15, -0.1) is 0 Å². The fraction of sp³-hybridized carbons (Fsp3) is 0.474. The second-order valence-electron chi connectivity index (χ2n) is 8.12. The van der Waals surface area contributed by atoms with Crippen LogP contribution in [0.1, 0.15) is 74.0 Å². The molecule has 26 heavy (non-hydrogen) atoms. The van der Waals surface area contributed by atoms with E-state index in [1.165, 1.54) is 0 Å². The second kappa shape index (κ2) is 7.27. The van der Waals surface area contributed by atoms with Crippen LogP contribution in [0.25, 0.3) is 0 Å². The lowest BCUT2D eigenvalue weighted by Gasteiger charge is -2.20. The lowest BCUT2D eigenvalue weighted by Crippen LogP contribution is -2.40. The van der Waals surface area contributed by atoms with E-state index in [0.717, 1.165) is 0 Å². The van der Waals surface area contributed by atoms with E-state index in [1.54, 1.807) is 24.3 Å². The van der Waals surface area contributed by atoms with Crippen LogP contribution in [0.5, 0.6) is 0 Å². The van der Waals surface area contributed by atoms with Crippen molar-refractivity contribution in [1.82, 2.24) is 15.5 Å². The van der Waals surface area contributed by atoms with Crippen molar-refractivity contribution in [2.45, 2.75) is 59.1 Å². The Labute approximate surface area is 153 Å². The Kier molecular flexibility index (Phi) is 5.49. The monoisotopic (exact) mass is 359 g/mol. The Morgan fingerprint density at radius 2 is 1.62 bits per heavy atom. The standard InChI is InChI=1S/C19H25N3O4/c1-18(2,3)17-20-14(26-22-17)11-25-16(24)13-9-7-12(8-10-13)15(23)21-19(4,5)6/h7-10H,11H2,1-6H3,(H,21,23). The summed E-state index contributed by atoms with van der Waals surface area (Å²) in [6.07, 6.45) is 0. The summed E-state index contributed by atoms with van der Waals surface area (Å²) >= 11 is 0. The van der Waals surface area contributed by atoms with Gasteiger partial charge in [-0.2, -0.15) is 4.98 Å². The van der Waals surface area contributed by atoms with Crippen LogP contribution in [-0.2, 0) is 16.8 Å². The van der Waals surface area contributed by atoms with E-state index >= 15 is 0 Å². The van der Waals surface area contributed by atoms with E-state index in [1.807, 2.05) is 41.5 Å². The maximum absolute atomic E-state index is 12.1. The van der Waals surface area contributed by atoms with Gasteiger partial charge in [-0.25, -0.2) is 4.79 Å². The minimum atomic E-state index is -0.525. The summed E-state index contributed by atoms with van der Waals surface area (Å²) in [5.41, 5.74) is 0.246. The molecule has 0 radical (unpaired) electrons. The van der Waals surface area contributed by atoms with Crippen molar-refractivity contribution in [3.8, 4) is 0 Å². The number of nitrogens with zero attached hydrogens (tertiary/aromatic N) is 2. The van der Waals surface area contributed by atoms with Gasteiger partial charge in [0.05, 0.1) is 5.56 Å². The van der Waals surface area contributed by atoms with Gasteiger partial charge in [-0.05, 0) is 45.0 Å². The van der Waals surface area contributed by atoms with Gasteiger partial charge in [0.15, 0.2) is 12.4 Å². The number of nitrogens with one attached hydrogen (secondary N) is 1. The highest BCUT2D eigenvalue weighted by Gasteiger charge is 2.21. The van der Waals surface area contributed by atoms with E-state index in [2.05, 4.69) is 15.5 Å². The molecule has 1 aromatic heterocycles. The zero-order valence-corrected chi connectivity index (χ0v) is 16.0. The third-order valence-electron chi connectivity index (χ3n) is 3.34. The molecule has 0 saturated heterocycles. The first-order chi connectivity index (χ1) is 12.0. The Morgan fingerprint density at radius 1 is 1.04 bits per heavy atom. The summed E-state index contributed by atoms with van der Waals surface area (Å²) < 4.78 is 10.3. The molecule has 7 nitrogen and oxygen atoms in total. The highest BCUT2D eigenvalue weighted by molar-refractivity contribution is 5.96. The molecule has 7 heteroatoms. The van der Waals surface area contributed by atoms with Crippen LogP contribution < -0.4 is 5.32 Å². The summed E-state index contributed by atoms with van der Waals surface area (Å²) in [5.74, 6) is 0.0727. The van der Waals surface area contributed by atoms with Crippen LogP contribution in [0, 0.1) is 0 Å². The quantitative estimate of drug-likeness (QED) is 0.842. The zero-order chi connectivity index (χ0) is 19.5. The van der Waals surface area contributed by atoms with Crippen molar-refractivity contribution in [1.29, 1.82) is 0 Å². The van der Waals surface area contributed by atoms with Crippen molar-refractivity contribution in [2.24, 2.45) is 0 Å². The zero-order valence-electron chi connectivity index (χ0n) is 16.0. The highest BCUT2D eigenvalue weighted by Crippen LogP contribution is 2.18. The molecule has 2 rings (SSSR count). The molecule has 1 amide bonds. The molecule has 0 aliphatic carbocycles. The number of esters is 1. The number of amides is 1. The lowest BCUT2D eigenvalue weighted by molar-refractivity contribution is 0.0429. The molecule has 0 atom stereocenters. The third-order valence-corrected chi connectivity index (χ3v) is 3.34. The number of hydrogen-bond donors (Lipinski definition) is 1. The van der Waals surface area contributed by atoms with Gasteiger partial charge in [0, 0.05) is 16.5 Å². The minimum absolute atomic E-state index is 0.103. The van der Waals surface area contributed by atoms with Crippen molar-refractivity contribution in [3.05, 3.63) is 47.1 Å². The van der Waals surface area contributed by atoms with Crippen LogP contribution >= 0.6 is 0 Å². The second-order valence-corrected chi connectivity index (χ2v) is 8.12. The van der Waals surface area contributed by atoms with Crippen LogP contribution in [0.15, 0.2) is 28.8 Å². The van der Waals surface area contributed by atoms with Crippen LogP contribution in [-0.4, -0.2) is 27.6 Å². The first kappa shape index (κ1) is 19.6. The average molecular weight is 359 g/mol. The van der Waals surface area contributed by atoms with Crippen LogP contribution in [0.2, 0.25) is 0 Å². The first-order valence-corrected chi connectivity index (χ1v) is 8.38. The molecule has 1 N–H and O–H groups in total. The summed E-state index contributed by atoms with van der Waals surface area (Å²) in [6.45, 7) is 11.5. The fourth-order valence-corrected chi connectivity index (χ4v) is 2.00. The summed E-state index contributed by atoms with van der Waals surface area (Å²) in [7, 11) is 0. The SMILES string of the molecule is CC(C)(C)NC(=O)c1ccc(C(=O)OCc2nc(C(C)(C)C)no2)cc1. The molecule has 0 aliphatic heterocycles. The van der Waals surface area contributed by atoms with Gasteiger partial charge >= 0.3 is 5.97 Å². The Morgan fingerprint density at radius 3 is 2.12 bits per heavy atom. The molecular weight excluding hydrogens is 334 g/mol. The van der Waals surface area contributed by atoms with Gasteiger partial charge < -0.3 is 14.6 Å². The van der Waals surface area contributed by atoms with E-state index < -0.39 is 5.97 Å². The Balaban J connectivity index is 1.96. The molecule has 1 heterocycles. The number of aromatic nitrogens is 2. The van der Waals surface area contributed by atoms with Gasteiger partial charge in [0.25, 0.3) is 11.8 Å². The van der Waals surface area contributed by atoms with Crippen LogP contribution in [0.3, 0.4) is 0 Å². The number of benzene rings is 1. The lowest BCUT2D eigenvalue weighted by atomic mass is 9.96. The molecular formula is C19H25N3O4. The van der Waals surface area contributed by atoms with Gasteiger partial charge in [-0.3, -0.25) is 4.79 Å². The van der Waals surface area contributed by atoms with Crippen molar-refractivity contribution in [3.63, 3.8) is 0 Å². The molecule has 0 unspecified atom stereocenters. The normalized spacial score (nSPS) is 11.9. The van der Waals surface area contributed by atoms with Crippen molar-refractivity contribution >= 4 is 11.9 Å². The molecule has 0 bridgehead atoms. The van der Waals surface area contributed by atoms with Crippen molar-refractivity contribution < 1.29 is 18.8 Å². The molecule has 1 aromatic carbocycles. The number of carbonyl (C=O) groups excluding carboxylic acids is 2. The predicted molar refractivity (Wildman–Crippen MR) is 95.8 cm³/mol. The molecule has 0 aliphatic rings. The van der Waals surface area contributed by atoms with Crippen molar-refractivity contribution in [2.75, 3.05) is 0 Å². The largest absolute Gasteiger partial charge is 0.452 e. The number of carbonyl (C=O) groups is 2. The summed E-state index contributed by atoms with van der Waals surface area (Å²) in [6, 6.07) is 6.27. The number of hydrogen-bond acceptors (Lipinski definition) is 6. The number of ether oxygens (including phenoxy) is 1. The molecule has 2 aromatic rings. The number of rotatable bonds is 4. The van der Waals surface area contributed by atoms with Gasteiger partial charge in [0.1, 0.15) is 0 Å². The first-order valence-electron chi connectivity index (χ1n) is 8.38. The molecule has 0 spiro atoms. The van der Waals surface area contributed by atoms with E-state index in [-0.39, 0.29) is 29.4 Å². The van der Waals surface area contributed by atoms with E-state index in [0.29, 0.717) is 17.0 Å².